The highest BCUT2D eigenvalue weighted by Gasteiger charge is 2.17. The monoisotopic (exact) mass is 442 g/mol. The lowest BCUT2D eigenvalue weighted by molar-refractivity contribution is -0.140. The van der Waals surface area contributed by atoms with Crippen LogP contribution in [0.25, 0.3) is 0 Å². The zero-order valence-electron chi connectivity index (χ0n) is 19.0. The fourth-order valence-corrected chi connectivity index (χ4v) is 3.09. The van der Waals surface area contributed by atoms with Crippen LogP contribution in [0.3, 0.4) is 0 Å². The Hall–Kier alpha value is -3.86. The number of ether oxygens (including phenoxy) is 6. The molecule has 0 spiro atoms. The molecule has 2 rings (SSSR count). The van der Waals surface area contributed by atoms with Gasteiger partial charge in [-0.2, -0.15) is 0 Å². The van der Waals surface area contributed by atoms with E-state index in [0.717, 1.165) is 0 Å². The SMILES string of the molecule is COC(=O)Cc1cc(C#Cc2cc(CC(=O)OC)c(OC)c(OC)c2)cc(OC)c1OC. The number of hydrogen-bond donors (Lipinski definition) is 0. The summed E-state index contributed by atoms with van der Waals surface area (Å²) in [6, 6.07) is 6.90. The molecule has 32 heavy (non-hydrogen) atoms. The minimum absolute atomic E-state index is 0.00515. The summed E-state index contributed by atoms with van der Waals surface area (Å²) in [6.07, 6.45) is 0.0103. The van der Waals surface area contributed by atoms with Crippen molar-refractivity contribution in [1.29, 1.82) is 0 Å². The summed E-state index contributed by atoms with van der Waals surface area (Å²) in [5.41, 5.74) is 2.38. The van der Waals surface area contributed by atoms with Gasteiger partial charge in [-0.25, -0.2) is 0 Å². The van der Waals surface area contributed by atoms with Gasteiger partial charge in [-0.1, -0.05) is 11.8 Å². The topological polar surface area (TPSA) is 89.5 Å². The summed E-state index contributed by atoms with van der Waals surface area (Å²) in [5, 5.41) is 0. The van der Waals surface area contributed by atoms with Gasteiger partial charge in [0.15, 0.2) is 23.0 Å². The molecule has 2 aromatic carbocycles. The van der Waals surface area contributed by atoms with Crippen LogP contribution >= 0.6 is 0 Å². The minimum Gasteiger partial charge on any atom is -0.493 e. The number of hydrogen-bond acceptors (Lipinski definition) is 8. The van der Waals surface area contributed by atoms with Crippen molar-refractivity contribution >= 4 is 11.9 Å². The lowest BCUT2D eigenvalue weighted by Crippen LogP contribution is -2.07. The van der Waals surface area contributed by atoms with Crippen molar-refractivity contribution in [2.24, 2.45) is 0 Å². The van der Waals surface area contributed by atoms with Crippen LogP contribution in [0.1, 0.15) is 22.3 Å². The van der Waals surface area contributed by atoms with Gasteiger partial charge in [0.1, 0.15) is 0 Å². The van der Waals surface area contributed by atoms with E-state index in [0.29, 0.717) is 45.3 Å². The van der Waals surface area contributed by atoms with E-state index in [1.165, 1.54) is 42.7 Å². The van der Waals surface area contributed by atoms with E-state index in [9.17, 15) is 9.59 Å². The summed E-state index contributed by atoms with van der Waals surface area (Å²) in [6.45, 7) is 0. The molecule has 8 nitrogen and oxygen atoms in total. The number of benzene rings is 2. The summed E-state index contributed by atoms with van der Waals surface area (Å²) < 4.78 is 31.1. The molecule has 0 aliphatic carbocycles. The van der Waals surface area contributed by atoms with Crippen LogP contribution in [0.4, 0.5) is 0 Å². The molecule has 0 unspecified atom stereocenters. The Kier molecular flexibility index (Phi) is 8.78. The maximum absolute atomic E-state index is 11.8. The number of rotatable bonds is 8. The average Bonchev–Trinajstić information content (AvgIpc) is 2.81. The third-order valence-corrected chi connectivity index (χ3v) is 4.59. The fourth-order valence-electron chi connectivity index (χ4n) is 3.09. The highest BCUT2D eigenvalue weighted by atomic mass is 16.5. The molecule has 0 radical (unpaired) electrons. The first kappa shape index (κ1) is 24.4. The lowest BCUT2D eigenvalue weighted by Gasteiger charge is -2.13. The van der Waals surface area contributed by atoms with Crippen molar-refractivity contribution in [3.05, 3.63) is 46.5 Å². The number of carbonyl (C=O) groups is 2. The second-order valence-corrected chi connectivity index (χ2v) is 6.50. The summed E-state index contributed by atoms with van der Waals surface area (Å²) in [7, 11) is 8.64. The van der Waals surface area contributed by atoms with Crippen LogP contribution in [-0.4, -0.2) is 54.6 Å². The first-order chi connectivity index (χ1) is 15.4. The van der Waals surface area contributed by atoms with Crippen molar-refractivity contribution in [3.63, 3.8) is 0 Å². The van der Waals surface area contributed by atoms with E-state index in [1.807, 2.05) is 0 Å². The van der Waals surface area contributed by atoms with Crippen LogP contribution < -0.4 is 18.9 Å². The number of methoxy groups -OCH3 is 6. The van der Waals surface area contributed by atoms with Crippen molar-refractivity contribution in [3.8, 4) is 34.8 Å². The highest BCUT2D eigenvalue weighted by Crippen LogP contribution is 2.34. The Bertz CT molecular complexity index is 965. The van der Waals surface area contributed by atoms with Gasteiger partial charge in [0.05, 0.1) is 55.5 Å². The molecule has 0 aliphatic rings. The first-order valence-corrected chi connectivity index (χ1v) is 9.56. The van der Waals surface area contributed by atoms with Gasteiger partial charge < -0.3 is 28.4 Å². The Morgan fingerprint density at radius 3 is 1.28 bits per heavy atom. The molecule has 0 saturated carbocycles. The molecular weight excluding hydrogens is 416 g/mol. The van der Waals surface area contributed by atoms with E-state index in [4.69, 9.17) is 28.4 Å². The molecule has 0 aliphatic heterocycles. The van der Waals surface area contributed by atoms with Crippen molar-refractivity contribution in [2.75, 3.05) is 42.7 Å². The summed E-state index contributed by atoms with van der Waals surface area (Å²) in [4.78, 5) is 23.6. The van der Waals surface area contributed by atoms with E-state index in [2.05, 4.69) is 11.8 Å². The second-order valence-electron chi connectivity index (χ2n) is 6.50. The van der Waals surface area contributed by atoms with Gasteiger partial charge in [-0.05, 0) is 24.3 Å². The number of carbonyl (C=O) groups excluding carboxylic acids is 2. The molecule has 2 aromatic rings. The highest BCUT2D eigenvalue weighted by molar-refractivity contribution is 5.75. The van der Waals surface area contributed by atoms with Crippen molar-refractivity contribution in [1.82, 2.24) is 0 Å². The summed E-state index contributed by atoms with van der Waals surface area (Å²) >= 11 is 0. The van der Waals surface area contributed by atoms with Gasteiger partial charge in [-0.3, -0.25) is 9.59 Å². The molecule has 8 heteroatoms. The van der Waals surface area contributed by atoms with E-state index in [-0.39, 0.29) is 12.8 Å². The fraction of sp³-hybridized carbons (Fsp3) is 0.333. The second kappa shape index (κ2) is 11.5. The molecule has 0 aromatic heterocycles. The Labute approximate surface area is 187 Å². The molecule has 0 amide bonds. The third-order valence-electron chi connectivity index (χ3n) is 4.59. The first-order valence-electron chi connectivity index (χ1n) is 9.56. The normalized spacial score (nSPS) is 9.81. The van der Waals surface area contributed by atoms with E-state index in [1.54, 1.807) is 24.3 Å². The zero-order chi connectivity index (χ0) is 23.7. The molecular formula is C24H26O8. The smallest absolute Gasteiger partial charge is 0.310 e. The van der Waals surface area contributed by atoms with Gasteiger partial charge in [0.25, 0.3) is 0 Å². The van der Waals surface area contributed by atoms with Crippen molar-refractivity contribution < 1.29 is 38.0 Å². The van der Waals surface area contributed by atoms with Gasteiger partial charge in [-0.15, -0.1) is 0 Å². The lowest BCUT2D eigenvalue weighted by atomic mass is 10.0. The van der Waals surface area contributed by atoms with Crippen molar-refractivity contribution in [2.45, 2.75) is 12.8 Å². The molecule has 0 N–H and O–H groups in total. The standard InChI is InChI=1S/C24H26O8/c1-27-19-11-15(9-17(23(19)31-5)13-21(25)29-3)7-8-16-10-18(14-22(26)30-4)24(32-6)20(12-16)28-2/h9-12H,13-14H2,1-6H3. The Morgan fingerprint density at radius 2 is 1.00 bits per heavy atom. The van der Waals surface area contributed by atoms with Gasteiger partial charge in [0.2, 0.25) is 0 Å². The van der Waals surface area contributed by atoms with E-state index < -0.39 is 11.9 Å². The quantitative estimate of drug-likeness (QED) is 0.455. The zero-order valence-corrected chi connectivity index (χ0v) is 19.0. The van der Waals surface area contributed by atoms with Gasteiger partial charge in [0, 0.05) is 22.3 Å². The predicted octanol–water partition coefficient (Wildman–Crippen LogP) is 2.55. The van der Waals surface area contributed by atoms with Crippen LogP contribution in [0.2, 0.25) is 0 Å². The summed E-state index contributed by atoms with van der Waals surface area (Å²) in [5.74, 6) is 7.04. The predicted molar refractivity (Wildman–Crippen MR) is 117 cm³/mol. The Morgan fingerprint density at radius 1 is 0.625 bits per heavy atom. The molecule has 0 heterocycles. The maximum atomic E-state index is 11.8. The third kappa shape index (κ3) is 5.85. The molecule has 0 atom stereocenters. The average molecular weight is 442 g/mol. The van der Waals surface area contributed by atoms with Crippen LogP contribution in [-0.2, 0) is 31.9 Å². The van der Waals surface area contributed by atoms with Crippen LogP contribution in [0.5, 0.6) is 23.0 Å². The van der Waals surface area contributed by atoms with Crippen LogP contribution in [0, 0.1) is 11.8 Å². The molecule has 0 fully saturated rings. The van der Waals surface area contributed by atoms with E-state index >= 15 is 0 Å². The largest absolute Gasteiger partial charge is 0.493 e. The van der Waals surface area contributed by atoms with Crippen LogP contribution in [0.15, 0.2) is 24.3 Å². The number of esters is 2. The minimum atomic E-state index is -0.414. The molecule has 0 saturated heterocycles. The van der Waals surface area contributed by atoms with Gasteiger partial charge >= 0.3 is 11.9 Å². The molecule has 170 valence electrons. The maximum Gasteiger partial charge on any atom is 0.310 e. The molecule has 0 bridgehead atoms. The Balaban J connectivity index is 2.54.